The summed E-state index contributed by atoms with van der Waals surface area (Å²) in [6.45, 7) is 4.42. The van der Waals surface area contributed by atoms with Crippen molar-refractivity contribution < 1.29 is 0 Å². The first-order valence-electron chi connectivity index (χ1n) is 3.93. The molecule has 1 aromatic rings. The fourth-order valence-electron chi connectivity index (χ4n) is 0.723. The van der Waals surface area contributed by atoms with E-state index in [4.69, 9.17) is 0 Å². The Kier molecular flexibility index (Phi) is 4.09. The van der Waals surface area contributed by atoms with Crippen molar-refractivity contribution in [3.8, 4) is 0 Å². The lowest BCUT2D eigenvalue weighted by atomic mass is 10.3. The maximum atomic E-state index is 4.27. The fraction of sp³-hybridized carbons (Fsp3) is 0.444. The Morgan fingerprint density at radius 3 is 2.92 bits per heavy atom. The van der Waals surface area contributed by atoms with Gasteiger partial charge in [0.05, 0.1) is 0 Å². The molecule has 0 N–H and O–H groups in total. The van der Waals surface area contributed by atoms with Crippen LogP contribution in [0.4, 0.5) is 0 Å². The third kappa shape index (κ3) is 3.15. The molecule has 0 unspecified atom stereocenters. The standard InChI is InChI=1S/C9H12BrNS/c1-7(2)6-12-9-8(10)4-3-5-11-9/h3-5,7H,6H2,1-2H3. The minimum Gasteiger partial charge on any atom is -0.249 e. The molecule has 0 amide bonds. The molecule has 0 fully saturated rings. The van der Waals surface area contributed by atoms with Gasteiger partial charge in [-0.3, -0.25) is 0 Å². The van der Waals surface area contributed by atoms with Crippen LogP contribution in [0.15, 0.2) is 27.8 Å². The van der Waals surface area contributed by atoms with Crippen molar-refractivity contribution in [2.45, 2.75) is 18.9 Å². The Morgan fingerprint density at radius 1 is 1.58 bits per heavy atom. The molecule has 0 aliphatic rings. The average Bonchev–Trinajstić information content (AvgIpc) is 2.03. The molecule has 0 aliphatic heterocycles. The highest BCUT2D eigenvalue weighted by Crippen LogP contribution is 2.25. The Labute approximate surface area is 86.1 Å². The zero-order chi connectivity index (χ0) is 8.97. The van der Waals surface area contributed by atoms with Crippen LogP contribution in [0.1, 0.15) is 13.8 Å². The fourth-order valence-corrected chi connectivity index (χ4v) is 2.15. The van der Waals surface area contributed by atoms with Gasteiger partial charge in [0, 0.05) is 16.4 Å². The minimum atomic E-state index is 0.712. The normalized spacial score (nSPS) is 10.7. The molecule has 3 heteroatoms. The first-order valence-corrected chi connectivity index (χ1v) is 5.71. The second-order valence-corrected chi connectivity index (χ2v) is 4.86. The molecule has 0 saturated carbocycles. The van der Waals surface area contributed by atoms with Gasteiger partial charge in [0.15, 0.2) is 0 Å². The molecule has 0 aromatic carbocycles. The Morgan fingerprint density at radius 2 is 2.33 bits per heavy atom. The minimum absolute atomic E-state index is 0.712. The van der Waals surface area contributed by atoms with Crippen molar-refractivity contribution in [2.24, 2.45) is 5.92 Å². The van der Waals surface area contributed by atoms with Crippen LogP contribution in [0, 0.1) is 5.92 Å². The van der Waals surface area contributed by atoms with Gasteiger partial charge in [-0.05, 0) is 34.0 Å². The summed E-state index contributed by atoms with van der Waals surface area (Å²) in [4.78, 5) is 4.27. The van der Waals surface area contributed by atoms with E-state index in [0.29, 0.717) is 5.92 Å². The van der Waals surface area contributed by atoms with Crippen molar-refractivity contribution in [3.63, 3.8) is 0 Å². The quantitative estimate of drug-likeness (QED) is 0.756. The Bertz CT molecular complexity index is 250. The van der Waals surface area contributed by atoms with E-state index in [2.05, 4.69) is 34.8 Å². The SMILES string of the molecule is CC(C)CSc1ncccc1Br. The van der Waals surface area contributed by atoms with Gasteiger partial charge in [-0.15, -0.1) is 11.8 Å². The van der Waals surface area contributed by atoms with E-state index in [-0.39, 0.29) is 0 Å². The topological polar surface area (TPSA) is 12.9 Å². The third-order valence-corrected chi connectivity index (χ3v) is 3.61. The van der Waals surface area contributed by atoms with E-state index in [0.717, 1.165) is 15.3 Å². The maximum absolute atomic E-state index is 4.27. The van der Waals surface area contributed by atoms with Crippen LogP contribution < -0.4 is 0 Å². The highest BCUT2D eigenvalue weighted by atomic mass is 79.9. The highest BCUT2D eigenvalue weighted by molar-refractivity contribution is 9.10. The lowest BCUT2D eigenvalue weighted by Gasteiger charge is -2.04. The molecule has 1 rings (SSSR count). The van der Waals surface area contributed by atoms with Crippen molar-refractivity contribution in [1.82, 2.24) is 4.98 Å². The zero-order valence-electron chi connectivity index (χ0n) is 7.25. The summed E-state index contributed by atoms with van der Waals surface area (Å²) in [5.41, 5.74) is 0. The van der Waals surface area contributed by atoms with Gasteiger partial charge in [-0.25, -0.2) is 4.98 Å². The maximum Gasteiger partial charge on any atom is 0.110 e. The van der Waals surface area contributed by atoms with E-state index < -0.39 is 0 Å². The predicted octanol–water partition coefficient (Wildman–Crippen LogP) is 3.59. The second-order valence-electron chi connectivity index (χ2n) is 3.00. The zero-order valence-corrected chi connectivity index (χ0v) is 9.65. The van der Waals surface area contributed by atoms with Crippen molar-refractivity contribution >= 4 is 27.7 Å². The molecule has 66 valence electrons. The molecule has 0 atom stereocenters. The molecule has 12 heavy (non-hydrogen) atoms. The molecule has 1 nitrogen and oxygen atoms in total. The number of rotatable bonds is 3. The molecule has 0 radical (unpaired) electrons. The van der Waals surface area contributed by atoms with Gasteiger partial charge in [0.1, 0.15) is 5.03 Å². The summed E-state index contributed by atoms with van der Waals surface area (Å²) in [6, 6.07) is 3.96. The summed E-state index contributed by atoms with van der Waals surface area (Å²) in [5, 5.41) is 1.09. The number of thioether (sulfide) groups is 1. The molecular weight excluding hydrogens is 234 g/mol. The number of nitrogens with zero attached hydrogens (tertiary/aromatic N) is 1. The molecule has 0 spiro atoms. The largest absolute Gasteiger partial charge is 0.249 e. The first-order chi connectivity index (χ1) is 5.70. The van der Waals surface area contributed by atoms with Gasteiger partial charge >= 0.3 is 0 Å². The molecule has 1 aromatic heterocycles. The van der Waals surface area contributed by atoms with E-state index >= 15 is 0 Å². The summed E-state index contributed by atoms with van der Waals surface area (Å²) >= 11 is 5.26. The molecule has 0 aliphatic carbocycles. The van der Waals surface area contributed by atoms with Crippen LogP contribution in [-0.2, 0) is 0 Å². The summed E-state index contributed by atoms with van der Waals surface area (Å²) in [7, 11) is 0. The smallest absolute Gasteiger partial charge is 0.110 e. The van der Waals surface area contributed by atoms with E-state index in [1.54, 1.807) is 11.8 Å². The molecule has 0 saturated heterocycles. The Hall–Kier alpha value is -0.0200. The van der Waals surface area contributed by atoms with Crippen molar-refractivity contribution in [2.75, 3.05) is 5.75 Å². The van der Waals surface area contributed by atoms with Gasteiger partial charge in [0.2, 0.25) is 0 Å². The van der Waals surface area contributed by atoms with E-state index in [9.17, 15) is 0 Å². The molecule has 0 bridgehead atoms. The summed E-state index contributed by atoms with van der Waals surface area (Å²) < 4.78 is 1.09. The van der Waals surface area contributed by atoms with Gasteiger partial charge < -0.3 is 0 Å². The van der Waals surface area contributed by atoms with Crippen molar-refractivity contribution in [1.29, 1.82) is 0 Å². The Balaban J connectivity index is 2.57. The summed E-state index contributed by atoms with van der Waals surface area (Å²) in [6.07, 6.45) is 1.83. The average molecular weight is 246 g/mol. The molecular formula is C9H12BrNS. The van der Waals surface area contributed by atoms with Crippen LogP contribution >= 0.6 is 27.7 Å². The number of halogens is 1. The first kappa shape index (κ1) is 10.1. The van der Waals surface area contributed by atoms with Gasteiger partial charge in [0.25, 0.3) is 0 Å². The van der Waals surface area contributed by atoms with E-state index in [1.165, 1.54) is 0 Å². The summed E-state index contributed by atoms with van der Waals surface area (Å²) in [5.74, 6) is 1.83. The van der Waals surface area contributed by atoms with Crippen LogP contribution in [0.25, 0.3) is 0 Å². The van der Waals surface area contributed by atoms with Crippen LogP contribution in [0.5, 0.6) is 0 Å². The van der Waals surface area contributed by atoms with Gasteiger partial charge in [-0.1, -0.05) is 13.8 Å². The lowest BCUT2D eigenvalue weighted by Crippen LogP contribution is -1.91. The number of hydrogen-bond acceptors (Lipinski definition) is 2. The van der Waals surface area contributed by atoms with Gasteiger partial charge in [-0.2, -0.15) is 0 Å². The number of pyridine rings is 1. The predicted molar refractivity (Wildman–Crippen MR) is 57.5 cm³/mol. The highest BCUT2D eigenvalue weighted by Gasteiger charge is 2.01. The van der Waals surface area contributed by atoms with Crippen LogP contribution in [0.3, 0.4) is 0 Å². The monoisotopic (exact) mass is 245 g/mol. The second kappa shape index (κ2) is 4.87. The molecule has 1 heterocycles. The number of aromatic nitrogens is 1. The van der Waals surface area contributed by atoms with Crippen LogP contribution in [0.2, 0.25) is 0 Å². The van der Waals surface area contributed by atoms with Crippen molar-refractivity contribution in [3.05, 3.63) is 22.8 Å². The lowest BCUT2D eigenvalue weighted by molar-refractivity contribution is 0.749. The van der Waals surface area contributed by atoms with Crippen LogP contribution in [-0.4, -0.2) is 10.7 Å². The number of hydrogen-bond donors (Lipinski definition) is 0. The third-order valence-electron chi connectivity index (χ3n) is 1.28. The van der Waals surface area contributed by atoms with E-state index in [1.807, 2.05) is 18.3 Å².